The third-order valence-electron chi connectivity index (χ3n) is 2.83. The summed E-state index contributed by atoms with van der Waals surface area (Å²) in [4.78, 5) is 19.0. The minimum Gasteiger partial charge on any atom is -0.481 e. The first-order chi connectivity index (χ1) is 8.68. The zero-order valence-corrected chi connectivity index (χ0v) is 10.1. The third kappa shape index (κ3) is 2.74. The third-order valence-corrected chi connectivity index (χ3v) is 2.83. The molecule has 1 unspecified atom stereocenters. The second-order valence-corrected chi connectivity index (χ2v) is 4.19. The van der Waals surface area contributed by atoms with E-state index in [4.69, 9.17) is 5.11 Å². The van der Waals surface area contributed by atoms with Crippen LogP contribution in [0.4, 0.5) is 5.82 Å². The number of rotatable bonds is 5. The van der Waals surface area contributed by atoms with E-state index < -0.39 is 5.97 Å². The molecule has 0 aliphatic carbocycles. The molecule has 1 heterocycles. The number of hydrogen-bond donors (Lipinski definition) is 2. The maximum Gasteiger partial charge on any atom is 0.306 e. The average Bonchev–Trinajstić information content (AvgIpc) is 2.38. The molecule has 0 spiro atoms. The Bertz CT molecular complexity index is 551. The Hall–Kier alpha value is -2.17. The summed E-state index contributed by atoms with van der Waals surface area (Å²) in [5.74, 6) is -0.381. The Balaban J connectivity index is 2.06. The number of nitrogens with one attached hydrogen (secondary N) is 1. The fourth-order valence-electron chi connectivity index (χ4n) is 1.68. The van der Waals surface area contributed by atoms with Gasteiger partial charge in [0.1, 0.15) is 12.1 Å². The van der Waals surface area contributed by atoms with Crippen LogP contribution in [0.25, 0.3) is 10.9 Å². The monoisotopic (exact) mass is 245 g/mol. The van der Waals surface area contributed by atoms with E-state index in [2.05, 4.69) is 15.3 Å². The molecule has 1 aromatic heterocycles. The standard InChI is InChI=1S/C13H15N3O2/c1-9(13(17)18)6-7-14-12-10-4-2-3-5-11(10)15-8-16-12/h2-5,8-9H,6-7H2,1H3,(H,17,18)(H,14,15,16). The molecule has 18 heavy (non-hydrogen) atoms. The Labute approximate surface area is 105 Å². The van der Waals surface area contributed by atoms with Crippen LogP contribution in [0, 0.1) is 5.92 Å². The summed E-state index contributed by atoms with van der Waals surface area (Å²) in [6, 6.07) is 7.71. The lowest BCUT2D eigenvalue weighted by atomic mass is 10.1. The fourth-order valence-corrected chi connectivity index (χ4v) is 1.68. The largest absolute Gasteiger partial charge is 0.481 e. The zero-order chi connectivity index (χ0) is 13.0. The van der Waals surface area contributed by atoms with E-state index in [0.717, 1.165) is 16.7 Å². The predicted octanol–water partition coefficient (Wildman–Crippen LogP) is 2.15. The number of anilines is 1. The van der Waals surface area contributed by atoms with Crippen LogP contribution in [0.2, 0.25) is 0 Å². The number of carboxylic acid groups (broad SMARTS) is 1. The van der Waals surface area contributed by atoms with Gasteiger partial charge in [0.15, 0.2) is 0 Å². The lowest BCUT2D eigenvalue weighted by Crippen LogP contribution is -2.15. The van der Waals surface area contributed by atoms with Crippen molar-refractivity contribution in [2.24, 2.45) is 5.92 Å². The van der Waals surface area contributed by atoms with Crippen molar-refractivity contribution in [3.8, 4) is 0 Å². The quantitative estimate of drug-likeness (QED) is 0.844. The number of carbonyl (C=O) groups is 1. The second kappa shape index (κ2) is 5.44. The molecule has 0 saturated carbocycles. The van der Waals surface area contributed by atoms with Crippen LogP contribution in [0.1, 0.15) is 13.3 Å². The van der Waals surface area contributed by atoms with Crippen molar-refractivity contribution in [1.29, 1.82) is 0 Å². The van der Waals surface area contributed by atoms with Gasteiger partial charge in [0.05, 0.1) is 11.4 Å². The molecule has 0 bridgehead atoms. The number of benzene rings is 1. The van der Waals surface area contributed by atoms with Gasteiger partial charge in [-0.2, -0.15) is 0 Å². The van der Waals surface area contributed by atoms with Crippen molar-refractivity contribution < 1.29 is 9.90 Å². The lowest BCUT2D eigenvalue weighted by molar-refractivity contribution is -0.141. The second-order valence-electron chi connectivity index (χ2n) is 4.19. The molecule has 0 aliphatic rings. The molecular formula is C13H15N3O2. The number of hydrogen-bond acceptors (Lipinski definition) is 4. The highest BCUT2D eigenvalue weighted by Crippen LogP contribution is 2.18. The number of aliphatic carboxylic acids is 1. The molecule has 0 fully saturated rings. The van der Waals surface area contributed by atoms with E-state index in [1.54, 1.807) is 6.92 Å². The van der Waals surface area contributed by atoms with Crippen molar-refractivity contribution in [1.82, 2.24) is 9.97 Å². The van der Waals surface area contributed by atoms with Gasteiger partial charge in [0, 0.05) is 11.9 Å². The number of carboxylic acids is 1. The summed E-state index contributed by atoms with van der Waals surface area (Å²) < 4.78 is 0. The van der Waals surface area contributed by atoms with Gasteiger partial charge in [-0.1, -0.05) is 19.1 Å². The van der Waals surface area contributed by atoms with Crippen molar-refractivity contribution in [2.75, 3.05) is 11.9 Å². The topological polar surface area (TPSA) is 75.1 Å². The summed E-state index contributed by atoms with van der Waals surface area (Å²) in [5.41, 5.74) is 0.876. The Morgan fingerprint density at radius 1 is 1.39 bits per heavy atom. The van der Waals surface area contributed by atoms with Crippen LogP contribution in [-0.2, 0) is 4.79 Å². The lowest BCUT2D eigenvalue weighted by Gasteiger charge is -2.09. The van der Waals surface area contributed by atoms with Gasteiger partial charge < -0.3 is 10.4 Å². The van der Waals surface area contributed by atoms with Crippen LogP contribution in [0.3, 0.4) is 0 Å². The molecule has 2 N–H and O–H groups in total. The molecule has 2 aromatic rings. The van der Waals surface area contributed by atoms with Crippen molar-refractivity contribution >= 4 is 22.7 Å². The van der Waals surface area contributed by atoms with Gasteiger partial charge in [0.2, 0.25) is 0 Å². The number of para-hydroxylation sites is 1. The normalized spacial score (nSPS) is 12.3. The average molecular weight is 245 g/mol. The molecule has 0 saturated heterocycles. The fraction of sp³-hybridized carbons (Fsp3) is 0.308. The molecule has 0 amide bonds. The first kappa shape index (κ1) is 12.3. The van der Waals surface area contributed by atoms with E-state index >= 15 is 0 Å². The van der Waals surface area contributed by atoms with Gasteiger partial charge >= 0.3 is 5.97 Å². The predicted molar refractivity (Wildman–Crippen MR) is 69.4 cm³/mol. The minimum atomic E-state index is -0.774. The molecule has 1 aromatic carbocycles. The Morgan fingerprint density at radius 3 is 2.94 bits per heavy atom. The van der Waals surface area contributed by atoms with Gasteiger partial charge in [-0.05, 0) is 18.6 Å². The maximum absolute atomic E-state index is 10.7. The van der Waals surface area contributed by atoms with Crippen LogP contribution in [0.15, 0.2) is 30.6 Å². The first-order valence-corrected chi connectivity index (χ1v) is 5.85. The minimum absolute atomic E-state index is 0.356. The van der Waals surface area contributed by atoms with Crippen molar-refractivity contribution in [2.45, 2.75) is 13.3 Å². The Kier molecular flexibility index (Phi) is 3.72. The molecule has 5 nitrogen and oxygen atoms in total. The van der Waals surface area contributed by atoms with E-state index in [0.29, 0.717) is 13.0 Å². The SMILES string of the molecule is CC(CCNc1ncnc2ccccc12)C(=O)O. The number of fused-ring (bicyclic) bond motifs is 1. The summed E-state index contributed by atoms with van der Waals surface area (Å²) in [6.07, 6.45) is 2.07. The van der Waals surface area contributed by atoms with Crippen LogP contribution in [0.5, 0.6) is 0 Å². The summed E-state index contributed by atoms with van der Waals surface area (Å²) in [6.45, 7) is 2.27. The zero-order valence-electron chi connectivity index (χ0n) is 10.1. The summed E-state index contributed by atoms with van der Waals surface area (Å²) in [5, 5.41) is 12.9. The van der Waals surface area contributed by atoms with E-state index in [1.165, 1.54) is 6.33 Å². The van der Waals surface area contributed by atoms with Crippen molar-refractivity contribution in [3.05, 3.63) is 30.6 Å². The highest BCUT2D eigenvalue weighted by Gasteiger charge is 2.10. The smallest absolute Gasteiger partial charge is 0.306 e. The highest BCUT2D eigenvalue weighted by atomic mass is 16.4. The van der Waals surface area contributed by atoms with Gasteiger partial charge in [-0.3, -0.25) is 4.79 Å². The van der Waals surface area contributed by atoms with Gasteiger partial charge in [0.25, 0.3) is 0 Å². The maximum atomic E-state index is 10.7. The van der Waals surface area contributed by atoms with E-state index in [9.17, 15) is 4.79 Å². The van der Waals surface area contributed by atoms with Crippen LogP contribution in [-0.4, -0.2) is 27.6 Å². The molecular weight excluding hydrogens is 230 g/mol. The number of aromatic nitrogens is 2. The van der Waals surface area contributed by atoms with Crippen LogP contribution >= 0.6 is 0 Å². The first-order valence-electron chi connectivity index (χ1n) is 5.85. The molecule has 1 atom stereocenters. The van der Waals surface area contributed by atoms with E-state index in [-0.39, 0.29) is 5.92 Å². The van der Waals surface area contributed by atoms with E-state index in [1.807, 2.05) is 24.3 Å². The Morgan fingerprint density at radius 2 is 2.17 bits per heavy atom. The highest BCUT2D eigenvalue weighted by molar-refractivity contribution is 5.88. The van der Waals surface area contributed by atoms with Crippen molar-refractivity contribution in [3.63, 3.8) is 0 Å². The van der Waals surface area contributed by atoms with Crippen LogP contribution < -0.4 is 5.32 Å². The molecule has 5 heteroatoms. The molecule has 2 rings (SSSR count). The van der Waals surface area contributed by atoms with Gasteiger partial charge in [-0.15, -0.1) is 0 Å². The summed E-state index contributed by atoms with van der Waals surface area (Å²) in [7, 11) is 0. The molecule has 0 radical (unpaired) electrons. The molecule has 94 valence electrons. The summed E-state index contributed by atoms with van der Waals surface area (Å²) >= 11 is 0. The van der Waals surface area contributed by atoms with Gasteiger partial charge in [-0.25, -0.2) is 9.97 Å². The molecule has 0 aliphatic heterocycles. The number of nitrogens with zero attached hydrogens (tertiary/aromatic N) is 2.